The molecule has 18 heavy (non-hydrogen) atoms. The van der Waals surface area contributed by atoms with Crippen LogP contribution in [0, 0.1) is 0 Å². The fourth-order valence-corrected chi connectivity index (χ4v) is 2.21. The summed E-state index contributed by atoms with van der Waals surface area (Å²) in [6, 6.07) is 10.2. The second-order valence-electron chi connectivity index (χ2n) is 4.41. The maximum absolute atomic E-state index is 5.78. The van der Waals surface area contributed by atoms with Gasteiger partial charge in [-0.25, -0.2) is 9.97 Å². The summed E-state index contributed by atoms with van der Waals surface area (Å²) in [5.41, 5.74) is 7.98. The number of nitrogens with two attached hydrogens (primary N) is 1. The molecule has 94 valence electrons. The molecule has 2 rings (SSSR count). The summed E-state index contributed by atoms with van der Waals surface area (Å²) >= 11 is 3.54. The average molecular weight is 306 g/mol. The first-order valence-corrected chi connectivity index (χ1v) is 6.74. The summed E-state index contributed by atoms with van der Waals surface area (Å²) in [5.74, 6) is 0.833. The second kappa shape index (κ2) is 6.07. The van der Waals surface area contributed by atoms with E-state index in [-0.39, 0.29) is 6.04 Å². The van der Waals surface area contributed by atoms with Crippen LogP contribution < -0.4 is 5.73 Å². The summed E-state index contributed by atoms with van der Waals surface area (Å²) in [7, 11) is 0. The van der Waals surface area contributed by atoms with Crippen LogP contribution in [0.5, 0.6) is 0 Å². The molecule has 1 atom stereocenters. The van der Waals surface area contributed by atoms with Crippen LogP contribution in [-0.2, 0) is 12.8 Å². The average Bonchev–Trinajstić information content (AvgIpc) is 2.32. The van der Waals surface area contributed by atoms with Crippen molar-refractivity contribution in [2.45, 2.75) is 25.8 Å². The van der Waals surface area contributed by atoms with Crippen LogP contribution in [0.1, 0.15) is 24.0 Å². The van der Waals surface area contributed by atoms with Crippen LogP contribution in [-0.4, -0.2) is 16.0 Å². The molecule has 0 radical (unpaired) electrons. The lowest BCUT2D eigenvalue weighted by Crippen LogP contribution is -2.19. The summed E-state index contributed by atoms with van der Waals surface area (Å²) < 4.78 is 1.09. The number of halogens is 1. The van der Waals surface area contributed by atoms with Gasteiger partial charge in [0, 0.05) is 35.2 Å². The van der Waals surface area contributed by atoms with Crippen LogP contribution >= 0.6 is 15.9 Å². The van der Waals surface area contributed by atoms with Crippen molar-refractivity contribution in [3.8, 4) is 0 Å². The van der Waals surface area contributed by atoms with Crippen LogP contribution in [0.25, 0.3) is 0 Å². The standard InChI is InChI=1S/C14H16BrN3/c1-10(16)8-12-6-7-17-14(18-12)9-11-4-2-3-5-13(11)15/h2-7,10H,8-9,16H2,1H3. The van der Waals surface area contributed by atoms with Crippen molar-refractivity contribution in [3.63, 3.8) is 0 Å². The summed E-state index contributed by atoms with van der Waals surface area (Å²) in [5, 5.41) is 0. The molecule has 0 aliphatic heterocycles. The van der Waals surface area contributed by atoms with Gasteiger partial charge in [-0.1, -0.05) is 34.1 Å². The lowest BCUT2D eigenvalue weighted by Gasteiger charge is -2.07. The molecule has 0 saturated heterocycles. The Labute approximate surface area is 116 Å². The minimum absolute atomic E-state index is 0.121. The van der Waals surface area contributed by atoms with Gasteiger partial charge in [-0.2, -0.15) is 0 Å². The first kappa shape index (κ1) is 13.2. The van der Waals surface area contributed by atoms with E-state index in [0.29, 0.717) is 0 Å². The Hall–Kier alpha value is -1.26. The van der Waals surface area contributed by atoms with Gasteiger partial charge in [-0.15, -0.1) is 0 Å². The summed E-state index contributed by atoms with van der Waals surface area (Å²) in [6.07, 6.45) is 3.32. The van der Waals surface area contributed by atoms with E-state index in [0.717, 1.165) is 28.8 Å². The molecule has 4 heteroatoms. The van der Waals surface area contributed by atoms with E-state index in [1.165, 1.54) is 5.56 Å². The number of hydrogen-bond acceptors (Lipinski definition) is 3. The largest absolute Gasteiger partial charge is 0.328 e. The van der Waals surface area contributed by atoms with E-state index in [1.54, 1.807) is 6.20 Å². The molecular formula is C14H16BrN3. The number of hydrogen-bond donors (Lipinski definition) is 1. The third-order valence-electron chi connectivity index (χ3n) is 2.60. The normalized spacial score (nSPS) is 12.4. The predicted octanol–water partition coefficient (Wildman–Crippen LogP) is 2.72. The highest BCUT2D eigenvalue weighted by Gasteiger charge is 2.05. The van der Waals surface area contributed by atoms with Crippen molar-refractivity contribution in [2.24, 2.45) is 5.73 Å². The maximum Gasteiger partial charge on any atom is 0.132 e. The highest BCUT2D eigenvalue weighted by Crippen LogP contribution is 2.18. The second-order valence-corrected chi connectivity index (χ2v) is 5.27. The third-order valence-corrected chi connectivity index (χ3v) is 3.37. The topological polar surface area (TPSA) is 51.8 Å². The van der Waals surface area contributed by atoms with Crippen LogP contribution in [0.3, 0.4) is 0 Å². The zero-order chi connectivity index (χ0) is 13.0. The Balaban J connectivity index is 2.17. The molecular weight excluding hydrogens is 290 g/mol. The quantitative estimate of drug-likeness (QED) is 0.945. The molecule has 0 fully saturated rings. The number of nitrogens with zero attached hydrogens (tertiary/aromatic N) is 2. The van der Waals surface area contributed by atoms with Crippen molar-refractivity contribution in [1.82, 2.24) is 9.97 Å². The highest BCUT2D eigenvalue weighted by molar-refractivity contribution is 9.10. The van der Waals surface area contributed by atoms with Gasteiger partial charge >= 0.3 is 0 Å². The van der Waals surface area contributed by atoms with Gasteiger partial charge < -0.3 is 5.73 Å². The van der Waals surface area contributed by atoms with Gasteiger partial charge in [0.1, 0.15) is 5.82 Å². The molecule has 3 nitrogen and oxygen atoms in total. The molecule has 1 unspecified atom stereocenters. The first-order chi connectivity index (χ1) is 8.65. The molecule has 0 bridgehead atoms. The fraction of sp³-hybridized carbons (Fsp3) is 0.286. The molecule has 1 aromatic carbocycles. The van der Waals surface area contributed by atoms with Crippen LogP contribution in [0.4, 0.5) is 0 Å². The van der Waals surface area contributed by atoms with Gasteiger partial charge in [0.25, 0.3) is 0 Å². The Morgan fingerprint density at radius 2 is 2.06 bits per heavy atom. The Morgan fingerprint density at radius 3 is 2.78 bits per heavy atom. The molecule has 1 heterocycles. The van der Waals surface area contributed by atoms with Gasteiger partial charge in [0.05, 0.1) is 0 Å². The van der Waals surface area contributed by atoms with E-state index < -0.39 is 0 Å². The van der Waals surface area contributed by atoms with E-state index in [4.69, 9.17) is 5.73 Å². The molecule has 0 amide bonds. The molecule has 1 aromatic heterocycles. The van der Waals surface area contributed by atoms with Gasteiger partial charge in [0.15, 0.2) is 0 Å². The molecule has 0 aliphatic carbocycles. The minimum atomic E-state index is 0.121. The monoisotopic (exact) mass is 305 g/mol. The minimum Gasteiger partial charge on any atom is -0.328 e. The van der Waals surface area contributed by atoms with Crippen molar-refractivity contribution in [2.75, 3.05) is 0 Å². The van der Waals surface area contributed by atoms with E-state index >= 15 is 0 Å². The van der Waals surface area contributed by atoms with Crippen LogP contribution in [0.15, 0.2) is 41.0 Å². The number of rotatable bonds is 4. The van der Waals surface area contributed by atoms with Crippen molar-refractivity contribution in [3.05, 3.63) is 58.1 Å². The lowest BCUT2D eigenvalue weighted by atomic mass is 10.1. The first-order valence-electron chi connectivity index (χ1n) is 5.95. The van der Waals surface area contributed by atoms with E-state index in [1.807, 2.05) is 31.2 Å². The SMILES string of the molecule is CC(N)Cc1ccnc(Cc2ccccc2Br)n1. The molecule has 2 N–H and O–H groups in total. The summed E-state index contributed by atoms with van der Waals surface area (Å²) in [4.78, 5) is 8.85. The van der Waals surface area contributed by atoms with Crippen molar-refractivity contribution >= 4 is 15.9 Å². The smallest absolute Gasteiger partial charge is 0.132 e. The third kappa shape index (κ3) is 3.62. The molecule has 0 aliphatic rings. The molecule has 0 saturated carbocycles. The molecule has 0 spiro atoms. The zero-order valence-corrected chi connectivity index (χ0v) is 11.9. The Bertz CT molecular complexity index is 526. The maximum atomic E-state index is 5.78. The van der Waals surface area contributed by atoms with Gasteiger partial charge in [0.2, 0.25) is 0 Å². The number of aromatic nitrogens is 2. The van der Waals surface area contributed by atoms with E-state index in [9.17, 15) is 0 Å². The predicted molar refractivity (Wildman–Crippen MR) is 76.3 cm³/mol. The van der Waals surface area contributed by atoms with Crippen LogP contribution in [0.2, 0.25) is 0 Å². The molecule has 2 aromatic rings. The fourth-order valence-electron chi connectivity index (χ4n) is 1.78. The Morgan fingerprint density at radius 1 is 1.28 bits per heavy atom. The van der Waals surface area contributed by atoms with Crippen molar-refractivity contribution < 1.29 is 0 Å². The summed E-state index contributed by atoms with van der Waals surface area (Å²) in [6.45, 7) is 1.98. The van der Waals surface area contributed by atoms with E-state index in [2.05, 4.69) is 32.0 Å². The number of benzene rings is 1. The van der Waals surface area contributed by atoms with Gasteiger partial charge in [-0.3, -0.25) is 0 Å². The highest BCUT2D eigenvalue weighted by atomic mass is 79.9. The van der Waals surface area contributed by atoms with Gasteiger partial charge in [-0.05, 0) is 24.6 Å². The Kier molecular flexibility index (Phi) is 4.44. The lowest BCUT2D eigenvalue weighted by molar-refractivity contribution is 0.713. The zero-order valence-electron chi connectivity index (χ0n) is 10.3. The van der Waals surface area contributed by atoms with Crippen molar-refractivity contribution in [1.29, 1.82) is 0 Å².